The van der Waals surface area contributed by atoms with Crippen LogP contribution in [0.1, 0.15) is 33.1 Å². The van der Waals surface area contributed by atoms with Crippen molar-refractivity contribution < 1.29 is 8.42 Å². The summed E-state index contributed by atoms with van der Waals surface area (Å²) in [7, 11) is -3.10. The molecule has 0 aromatic heterocycles. The number of piperazine rings is 1. The van der Waals surface area contributed by atoms with Gasteiger partial charge in [-0.05, 0) is 26.2 Å². The molecule has 6 heteroatoms. The van der Waals surface area contributed by atoms with Crippen molar-refractivity contribution in [2.75, 3.05) is 38.5 Å². The molecule has 5 nitrogen and oxygen atoms in total. The van der Waals surface area contributed by atoms with Crippen molar-refractivity contribution >= 4 is 10.0 Å². The van der Waals surface area contributed by atoms with E-state index in [0.717, 1.165) is 45.4 Å². The molecule has 0 radical (unpaired) electrons. The van der Waals surface area contributed by atoms with Gasteiger partial charge in [0.15, 0.2) is 0 Å². The molecule has 2 aliphatic rings. The second-order valence-corrected chi connectivity index (χ2v) is 7.72. The molecule has 2 aliphatic heterocycles. The predicted molar refractivity (Wildman–Crippen MR) is 77.7 cm³/mol. The Morgan fingerprint density at radius 2 is 1.89 bits per heavy atom. The molecule has 0 aromatic carbocycles. The van der Waals surface area contributed by atoms with Gasteiger partial charge in [0.1, 0.15) is 0 Å². The first-order valence-electron chi connectivity index (χ1n) is 7.49. The lowest BCUT2D eigenvalue weighted by Crippen LogP contribution is -2.47. The van der Waals surface area contributed by atoms with Gasteiger partial charge in [-0.25, -0.2) is 8.42 Å². The number of sulfonamides is 1. The van der Waals surface area contributed by atoms with Gasteiger partial charge in [0, 0.05) is 44.8 Å². The summed E-state index contributed by atoms with van der Waals surface area (Å²) < 4.78 is 26.9. The molecule has 0 aromatic rings. The van der Waals surface area contributed by atoms with E-state index in [2.05, 4.69) is 17.1 Å². The first kappa shape index (κ1) is 15.2. The Morgan fingerprint density at radius 1 is 1.21 bits per heavy atom. The minimum absolute atomic E-state index is 0.179. The van der Waals surface area contributed by atoms with Crippen molar-refractivity contribution in [1.29, 1.82) is 0 Å². The van der Waals surface area contributed by atoms with Crippen LogP contribution in [0.4, 0.5) is 0 Å². The maximum absolute atomic E-state index is 12.5. The van der Waals surface area contributed by atoms with E-state index in [1.165, 1.54) is 0 Å². The molecule has 2 unspecified atom stereocenters. The summed E-state index contributed by atoms with van der Waals surface area (Å²) in [5.41, 5.74) is 0. The molecular weight excluding hydrogens is 262 g/mol. The zero-order valence-corrected chi connectivity index (χ0v) is 13.0. The van der Waals surface area contributed by atoms with Crippen molar-refractivity contribution in [3.63, 3.8) is 0 Å². The monoisotopic (exact) mass is 289 g/mol. The summed E-state index contributed by atoms with van der Waals surface area (Å²) in [6, 6.07) is 0.404. The third-order valence-corrected chi connectivity index (χ3v) is 6.38. The molecule has 2 rings (SSSR count). The van der Waals surface area contributed by atoms with Gasteiger partial charge in [-0.2, -0.15) is 4.31 Å². The summed E-state index contributed by atoms with van der Waals surface area (Å²) in [5.74, 6) is 0.272. The highest BCUT2D eigenvalue weighted by Crippen LogP contribution is 2.29. The van der Waals surface area contributed by atoms with Crippen LogP contribution in [-0.4, -0.2) is 68.2 Å². The van der Waals surface area contributed by atoms with Crippen LogP contribution in [0.2, 0.25) is 0 Å². The second-order valence-electron chi connectivity index (χ2n) is 5.73. The number of hydrogen-bond acceptors (Lipinski definition) is 4. The van der Waals surface area contributed by atoms with Crippen molar-refractivity contribution in [1.82, 2.24) is 14.5 Å². The highest BCUT2D eigenvalue weighted by Gasteiger charge is 2.37. The van der Waals surface area contributed by atoms with Crippen LogP contribution < -0.4 is 5.32 Å². The minimum Gasteiger partial charge on any atom is -0.314 e. The van der Waals surface area contributed by atoms with E-state index in [9.17, 15) is 8.42 Å². The fraction of sp³-hybridized carbons (Fsp3) is 1.00. The molecule has 19 heavy (non-hydrogen) atoms. The number of nitrogens with zero attached hydrogens (tertiary/aromatic N) is 2. The minimum atomic E-state index is -3.10. The fourth-order valence-corrected chi connectivity index (χ4v) is 5.28. The Hall–Kier alpha value is -0.170. The first-order chi connectivity index (χ1) is 9.04. The highest BCUT2D eigenvalue weighted by molar-refractivity contribution is 7.89. The molecule has 0 aliphatic carbocycles. The van der Waals surface area contributed by atoms with Gasteiger partial charge < -0.3 is 5.32 Å². The zero-order chi connectivity index (χ0) is 13.9. The van der Waals surface area contributed by atoms with Gasteiger partial charge in [0.2, 0.25) is 10.0 Å². The van der Waals surface area contributed by atoms with Gasteiger partial charge in [-0.1, -0.05) is 6.92 Å². The molecular formula is C13H27N3O2S. The normalized spacial score (nSPS) is 30.8. The molecule has 0 amide bonds. The summed E-state index contributed by atoms with van der Waals surface area (Å²) in [5, 5.41) is 3.29. The van der Waals surface area contributed by atoms with E-state index in [0.29, 0.717) is 6.54 Å². The van der Waals surface area contributed by atoms with Crippen molar-refractivity contribution in [3.8, 4) is 0 Å². The smallest absolute Gasteiger partial charge is 0.215 e. The third-order valence-electron chi connectivity index (χ3n) is 4.38. The molecule has 2 saturated heterocycles. The van der Waals surface area contributed by atoms with Crippen molar-refractivity contribution in [2.45, 2.75) is 45.2 Å². The Balaban J connectivity index is 1.93. The summed E-state index contributed by atoms with van der Waals surface area (Å²) in [6.45, 7) is 8.66. The summed E-state index contributed by atoms with van der Waals surface area (Å²) in [6.07, 6.45) is 2.95. The maximum atomic E-state index is 12.5. The van der Waals surface area contributed by atoms with Gasteiger partial charge in [0.05, 0.1) is 5.75 Å². The Labute approximate surface area is 117 Å². The van der Waals surface area contributed by atoms with E-state index >= 15 is 0 Å². The topological polar surface area (TPSA) is 52.7 Å². The highest BCUT2D eigenvalue weighted by atomic mass is 32.2. The van der Waals surface area contributed by atoms with Crippen LogP contribution in [0.15, 0.2) is 0 Å². The van der Waals surface area contributed by atoms with E-state index in [4.69, 9.17) is 0 Å². The molecule has 2 heterocycles. The van der Waals surface area contributed by atoms with Crippen LogP contribution in [-0.2, 0) is 10.0 Å². The second kappa shape index (κ2) is 6.52. The Bertz CT molecular complexity index is 379. The SMILES string of the molecule is CCC1CCC(C)N1S(=O)(=O)CCN1CCNCC1. The number of nitrogens with one attached hydrogen (secondary N) is 1. The quantitative estimate of drug-likeness (QED) is 0.800. The molecule has 112 valence electrons. The Morgan fingerprint density at radius 3 is 2.53 bits per heavy atom. The predicted octanol–water partition coefficient (Wildman–Crippen LogP) is 0.484. The molecule has 2 fully saturated rings. The molecule has 0 bridgehead atoms. The molecule has 1 N–H and O–H groups in total. The lowest BCUT2D eigenvalue weighted by molar-refractivity contribution is 0.250. The van der Waals surface area contributed by atoms with Crippen LogP contribution in [0.3, 0.4) is 0 Å². The average Bonchev–Trinajstić information content (AvgIpc) is 2.80. The maximum Gasteiger partial charge on any atom is 0.215 e. The van der Waals surface area contributed by atoms with Crippen molar-refractivity contribution in [3.05, 3.63) is 0 Å². The van der Waals surface area contributed by atoms with Crippen LogP contribution >= 0.6 is 0 Å². The van der Waals surface area contributed by atoms with Crippen LogP contribution in [0.5, 0.6) is 0 Å². The zero-order valence-electron chi connectivity index (χ0n) is 12.1. The third kappa shape index (κ3) is 3.68. The lowest BCUT2D eigenvalue weighted by Gasteiger charge is -2.30. The fourth-order valence-electron chi connectivity index (χ4n) is 3.22. The van der Waals surface area contributed by atoms with Gasteiger partial charge >= 0.3 is 0 Å². The van der Waals surface area contributed by atoms with Gasteiger partial charge in [0.25, 0.3) is 0 Å². The number of rotatable bonds is 5. The van der Waals surface area contributed by atoms with E-state index in [-0.39, 0.29) is 17.8 Å². The van der Waals surface area contributed by atoms with E-state index in [1.807, 2.05) is 6.92 Å². The Kier molecular flexibility index (Phi) is 5.22. The van der Waals surface area contributed by atoms with Gasteiger partial charge in [-0.3, -0.25) is 4.90 Å². The van der Waals surface area contributed by atoms with E-state index < -0.39 is 10.0 Å². The van der Waals surface area contributed by atoms with E-state index in [1.54, 1.807) is 4.31 Å². The lowest BCUT2D eigenvalue weighted by atomic mass is 10.2. The largest absolute Gasteiger partial charge is 0.314 e. The summed E-state index contributed by atoms with van der Waals surface area (Å²) >= 11 is 0. The number of hydrogen-bond donors (Lipinski definition) is 1. The first-order valence-corrected chi connectivity index (χ1v) is 9.10. The molecule has 2 atom stereocenters. The van der Waals surface area contributed by atoms with Crippen LogP contribution in [0.25, 0.3) is 0 Å². The van der Waals surface area contributed by atoms with Crippen LogP contribution in [0, 0.1) is 0 Å². The standard InChI is InChI=1S/C13H27N3O2S/c1-3-13-5-4-12(2)16(13)19(17,18)11-10-15-8-6-14-7-9-15/h12-14H,3-11H2,1-2H3. The molecule has 0 saturated carbocycles. The van der Waals surface area contributed by atoms with Crippen molar-refractivity contribution in [2.24, 2.45) is 0 Å². The van der Waals surface area contributed by atoms with Gasteiger partial charge in [-0.15, -0.1) is 0 Å². The molecule has 0 spiro atoms. The summed E-state index contributed by atoms with van der Waals surface area (Å²) in [4.78, 5) is 2.25. The average molecular weight is 289 g/mol.